The Labute approximate surface area is 83.9 Å². The molecule has 0 aromatic heterocycles. The molecule has 3 atom stereocenters. The largest absolute Gasteiger partial charge is 0.392 e. The van der Waals surface area contributed by atoms with E-state index in [1.165, 1.54) is 0 Å². The number of rotatable bonds is 2. The van der Waals surface area contributed by atoms with E-state index < -0.39 is 12.1 Å². The summed E-state index contributed by atoms with van der Waals surface area (Å²) in [5, 5.41) is 0. The van der Waals surface area contributed by atoms with Gasteiger partial charge in [-0.3, -0.25) is 0 Å². The third-order valence-corrected chi connectivity index (χ3v) is 3.34. The fourth-order valence-electron chi connectivity index (χ4n) is 2.56. The van der Waals surface area contributed by atoms with Crippen LogP contribution >= 0.6 is 0 Å². The Balaban J connectivity index is 2.64. The van der Waals surface area contributed by atoms with Crippen LogP contribution in [0.2, 0.25) is 0 Å². The maximum absolute atomic E-state index is 12.7. The fraction of sp³-hybridized carbons (Fsp3) is 1.00. The van der Waals surface area contributed by atoms with Crippen LogP contribution in [-0.4, -0.2) is 6.18 Å². The molecule has 3 heteroatoms. The van der Waals surface area contributed by atoms with Gasteiger partial charge in [0, 0.05) is 0 Å². The molecule has 0 amide bonds. The van der Waals surface area contributed by atoms with Gasteiger partial charge in [-0.1, -0.05) is 33.1 Å². The molecule has 1 rings (SSSR count). The van der Waals surface area contributed by atoms with Crippen molar-refractivity contribution in [2.45, 2.75) is 52.1 Å². The van der Waals surface area contributed by atoms with E-state index in [2.05, 4.69) is 0 Å². The van der Waals surface area contributed by atoms with Gasteiger partial charge in [0.2, 0.25) is 0 Å². The second-order valence-electron chi connectivity index (χ2n) is 4.62. The summed E-state index contributed by atoms with van der Waals surface area (Å²) >= 11 is 0. The van der Waals surface area contributed by atoms with Crippen molar-refractivity contribution >= 4 is 0 Å². The van der Waals surface area contributed by atoms with Crippen LogP contribution in [0.3, 0.4) is 0 Å². The lowest BCUT2D eigenvalue weighted by Gasteiger charge is -2.36. The standard InChI is InChI=1S/C11H19F3/c1-3-4-9-6-5-8(2)7-10(9)11(12,13)14/h8-10H,3-7H2,1-2H3. The predicted octanol–water partition coefficient (Wildman–Crippen LogP) is 4.40. The molecule has 1 aliphatic carbocycles. The van der Waals surface area contributed by atoms with E-state index in [4.69, 9.17) is 0 Å². The highest BCUT2D eigenvalue weighted by molar-refractivity contribution is 4.82. The molecule has 0 saturated heterocycles. The molecule has 1 fully saturated rings. The lowest BCUT2D eigenvalue weighted by molar-refractivity contribution is -0.200. The Morgan fingerprint density at radius 1 is 1.21 bits per heavy atom. The van der Waals surface area contributed by atoms with Crippen LogP contribution in [0.15, 0.2) is 0 Å². The Bertz CT molecular complexity index is 174. The lowest BCUT2D eigenvalue weighted by atomic mass is 9.72. The third kappa shape index (κ3) is 2.89. The number of alkyl halides is 3. The van der Waals surface area contributed by atoms with Crippen molar-refractivity contribution < 1.29 is 13.2 Å². The fourth-order valence-corrected chi connectivity index (χ4v) is 2.56. The lowest BCUT2D eigenvalue weighted by Crippen LogP contribution is -2.35. The second-order valence-corrected chi connectivity index (χ2v) is 4.62. The molecule has 0 aromatic carbocycles. The van der Waals surface area contributed by atoms with Crippen molar-refractivity contribution in [3.05, 3.63) is 0 Å². The van der Waals surface area contributed by atoms with Gasteiger partial charge in [-0.2, -0.15) is 13.2 Å². The molecular weight excluding hydrogens is 189 g/mol. The Hall–Kier alpha value is -0.210. The topological polar surface area (TPSA) is 0 Å². The van der Waals surface area contributed by atoms with E-state index in [0.717, 1.165) is 25.7 Å². The summed E-state index contributed by atoms with van der Waals surface area (Å²) in [6.45, 7) is 3.90. The van der Waals surface area contributed by atoms with E-state index in [1.807, 2.05) is 13.8 Å². The van der Waals surface area contributed by atoms with Crippen LogP contribution in [0.5, 0.6) is 0 Å². The minimum atomic E-state index is -3.98. The molecule has 0 N–H and O–H groups in total. The molecule has 0 nitrogen and oxygen atoms in total. The van der Waals surface area contributed by atoms with Gasteiger partial charge in [0.05, 0.1) is 5.92 Å². The first kappa shape index (κ1) is 11.9. The first-order chi connectivity index (χ1) is 6.45. The zero-order chi connectivity index (χ0) is 10.8. The average molecular weight is 208 g/mol. The van der Waals surface area contributed by atoms with E-state index >= 15 is 0 Å². The van der Waals surface area contributed by atoms with Crippen LogP contribution in [0.4, 0.5) is 13.2 Å². The van der Waals surface area contributed by atoms with E-state index in [-0.39, 0.29) is 11.8 Å². The highest BCUT2D eigenvalue weighted by Gasteiger charge is 2.46. The number of halogens is 3. The van der Waals surface area contributed by atoms with E-state index in [9.17, 15) is 13.2 Å². The monoisotopic (exact) mass is 208 g/mol. The van der Waals surface area contributed by atoms with E-state index in [1.54, 1.807) is 0 Å². The summed E-state index contributed by atoms with van der Waals surface area (Å²) in [4.78, 5) is 0. The van der Waals surface area contributed by atoms with Crippen molar-refractivity contribution in [3.63, 3.8) is 0 Å². The molecule has 0 aliphatic heterocycles. The summed E-state index contributed by atoms with van der Waals surface area (Å²) < 4.78 is 38.1. The van der Waals surface area contributed by atoms with Gasteiger partial charge in [0.25, 0.3) is 0 Å². The second kappa shape index (κ2) is 4.54. The quantitative estimate of drug-likeness (QED) is 0.631. The molecule has 0 bridgehead atoms. The van der Waals surface area contributed by atoms with Crippen LogP contribution in [0.1, 0.15) is 46.0 Å². The molecule has 14 heavy (non-hydrogen) atoms. The van der Waals surface area contributed by atoms with Crippen LogP contribution < -0.4 is 0 Å². The van der Waals surface area contributed by atoms with Gasteiger partial charge in [-0.25, -0.2) is 0 Å². The van der Waals surface area contributed by atoms with Crippen molar-refractivity contribution in [2.75, 3.05) is 0 Å². The molecule has 0 heterocycles. The maximum atomic E-state index is 12.7. The number of hydrogen-bond donors (Lipinski definition) is 0. The third-order valence-electron chi connectivity index (χ3n) is 3.34. The van der Waals surface area contributed by atoms with Gasteiger partial charge in [0.1, 0.15) is 0 Å². The van der Waals surface area contributed by atoms with Gasteiger partial charge in [-0.15, -0.1) is 0 Å². The first-order valence-electron chi connectivity index (χ1n) is 5.51. The minimum absolute atomic E-state index is 0.115. The highest BCUT2D eigenvalue weighted by Crippen LogP contribution is 2.45. The first-order valence-corrected chi connectivity index (χ1v) is 5.51. The summed E-state index contributed by atoms with van der Waals surface area (Å²) in [5.74, 6) is -0.905. The highest BCUT2D eigenvalue weighted by atomic mass is 19.4. The smallest absolute Gasteiger partial charge is 0.171 e. The summed E-state index contributed by atoms with van der Waals surface area (Å²) in [7, 11) is 0. The molecule has 0 spiro atoms. The van der Waals surface area contributed by atoms with Gasteiger partial charge in [0.15, 0.2) is 0 Å². The molecular formula is C11H19F3. The Morgan fingerprint density at radius 3 is 2.36 bits per heavy atom. The maximum Gasteiger partial charge on any atom is 0.392 e. The molecule has 1 aliphatic rings. The van der Waals surface area contributed by atoms with Gasteiger partial charge in [-0.05, 0) is 24.7 Å². The van der Waals surface area contributed by atoms with Crippen molar-refractivity contribution in [1.29, 1.82) is 0 Å². The van der Waals surface area contributed by atoms with Crippen LogP contribution in [0.25, 0.3) is 0 Å². The molecule has 0 aromatic rings. The summed E-state index contributed by atoms with van der Waals surface area (Å²) in [6, 6.07) is 0. The Kier molecular flexibility index (Phi) is 3.85. The Morgan fingerprint density at radius 2 is 1.86 bits per heavy atom. The van der Waals surface area contributed by atoms with Crippen LogP contribution in [-0.2, 0) is 0 Å². The molecule has 1 saturated carbocycles. The van der Waals surface area contributed by atoms with Gasteiger partial charge >= 0.3 is 6.18 Å². The number of hydrogen-bond acceptors (Lipinski definition) is 0. The van der Waals surface area contributed by atoms with Gasteiger partial charge < -0.3 is 0 Å². The van der Waals surface area contributed by atoms with E-state index in [0.29, 0.717) is 6.42 Å². The van der Waals surface area contributed by atoms with Crippen molar-refractivity contribution in [1.82, 2.24) is 0 Å². The molecule has 3 unspecified atom stereocenters. The zero-order valence-corrected chi connectivity index (χ0v) is 8.90. The zero-order valence-electron chi connectivity index (χ0n) is 8.90. The van der Waals surface area contributed by atoms with Crippen LogP contribution in [0, 0.1) is 17.8 Å². The predicted molar refractivity (Wildman–Crippen MR) is 51.0 cm³/mol. The van der Waals surface area contributed by atoms with Crippen molar-refractivity contribution in [2.24, 2.45) is 17.8 Å². The SMILES string of the molecule is CCCC1CCC(C)CC1C(F)(F)F. The van der Waals surface area contributed by atoms with Crippen molar-refractivity contribution in [3.8, 4) is 0 Å². The molecule has 0 radical (unpaired) electrons. The normalized spacial score (nSPS) is 34.5. The summed E-state index contributed by atoms with van der Waals surface area (Å²) in [6.07, 6.45) is -0.304. The summed E-state index contributed by atoms with van der Waals surface area (Å²) in [5.41, 5.74) is 0. The molecule has 84 valence electrons. The average Bonchev–Trinajstić information content (AvgIpc) is 2.07. The minimum Gasteiger partial charge on any atom is -0.171 e.